The van der Waals surface area contributed by atoms with Gasteiger partial charge in [-0.15, -0.1) is 0 Å². The molecule has 2 aromatic rings. The molecular weight excluding hydrogens is 476 g/mol. The van der Waals surface area contributed by atoms with Crippen molar-refractivity contribution in [1.29, 1.82) is 0 Å². The van der Waals surface area contributed by atoms with Gasteiger partial charge in [0.2, 0.25) is 5.88 Å². The molecule has 1 aliphatic carbocycles. The van der Waals surface area contributed by atoms with E-state index in [9.17, 15) is 13.5 Å². The van der Waals surface area contributed by atoms with E-state index in [4.69, 9.17) is 16.3 Å². The van der Waals surface area contributed by atoms with Crippen molar-refractivity contribution in [1.82, 2.24) is 19.9 Å². The Morgan fingerprint density at radius 2 is 2.00 bits per heavy atom. The maximum absolute atomic E-state index is 13.4. The molecule has 0 bridgehead atoms. The van der Waals surface area contributed by atoms with Crippen molar-refractivity contribution in [2.24, 2.45) is 4.36 Å². The summed E-state index contributed by atoms with van der Waals surface area (Å²) in [4.78, 5) is 17.7. The van der Waals surface area contributed by atoms with Crippen LogP contribution < -0.4 is 10.1 Å². The molecule has 2 N–H and O–H groups in total. The van der Waals surface area contributed by atoms with Crippen LogP contribution in [0.2, 0.25) is 5.02 Å². The van der Waals surface area contributed by atoms with Crippen LogP contribution in [0.15, 0.2) is 21.7 Å². The second kappa shape index (κ2) is 8.47. The number of aliphatic hydroxyl groups is 1. The highest BCUT2D eigenvalue weighted by Crippen LogP contribution is 2.40. The lowest BCUT2D eigenvalue weighted by atomic mass is 9.77. The predicted octanol–water partition coefficient (Wildman–Crippen LogP) is 2.38. The Morgan fingerprint density at radius 3 is 2.62 bits per heavy atom. The Labute approximate surface area is 193 Å². The van der Waals surface area contributed by atoms with Crippen LogP contribution in [0.1, 0.15) is 43.8 Å². The smallest absolute Gasteiger partial charge is 0.263 e. The molecule has 0 spiro atoms. The number of rotatable bonds is 5. The molecule has 1 saturated carbocycles. The summed E-state index contributed by atoms with van der Waals surface area (Å²) in [5.41, 5.74) is -0.495. The molecule has 1 saturated heterocycles. The molecule has 0 amide bonds. The van der Waals surface area contributed by atoms with E-state index in [2.05, 4.69) is 29.6 Å². The quantitative estimate of drug-likeness (QED) is 0.635. The number of hydrogen-bond donors (Lipinski definition) is 2. The highest BCUT2D eigenvalue weighted by molar-refractivity contribution is 7.93. The number of halogens is 1. The lowest BCUT2D eigenvalue weighted by molar-refractivity contribution is 0.143. The average molecular weight is 499 g/mol. The molecule has 2 fully saturated rings. The highest BCUT2D eigenvalue weighted by atomic mass is 35.5. The van der Waals surface area contributed by atoms with Crippen molar-refractivity contribution in [2.45, 2.75) is 48.5 Å². The fourth-order valence-corrected chi connectivity index (χ4v) is 7.24. The summed E-state index contributed by atoms with van der Waals surface area (Å²) in [5.74, 6) is 2.12. The first-order valence-corrected chi connectivity index (χ1v) is 14.0. The monoisotopic (exact) mass is 498 g/mol. The highest BCUT2D eigenvalue weighted by Gasteiger charge is 2.39. The minimum Gasteiger partial charge on any atom is -0.463 e. The third-order valence-corrected chi connectivity index (χ3v) is 9.77. The molecule has 0 aromatic carbocycles. The van der Waals surface area contributed by atoms with E-state index in [-0.39, 0.29) is 30.3 Å². The van der Waals surface area contributed by atoms with Gasteiger partial charge in [0, 0.05) is 29.8 Å². The number of ether oxygens (including phenoxy) is 1. The zero-order valence-corrected chi connectivity index (χ0v) is 19.6. The lowest BCUT2D eigenvalue weighted by Gasteiger charge is -2.41. The van der Waals surface area contributed by atoms with Gasteiger partial charge in [-0.25, -0.2) is 14.2 Å². The van der Waals surface area contributed by atoms with Crippen LogP contribution in [0.3, 0.4) is 0 Å². The van der Waals surface area contributed by atoms with E-state index in [0.29, 0.717) is 45.9 Å². The van der Waals surface area contributed by atoms with Crippen molar-refractivity contribution in [3.05, 3.63) is 23.2 Å². The molecule has 2 aliphatic heterocycles. The maximum Gasteiger partial charge on any atom is 0.263 e. The molecule has 4 heterocycles. The normalized spacial score (nSPS) is 28.3. The van der Waals surface area contributed by atoms with Gasteiger partial charge in [-0.05, 0) is 32.1 Å². The molecule has 0 unspecified atom stereocenters. The van der Waals surface area contributed by atoms with Crippen LogP contribution >= 0.6 is 11.6 Å². The van der Waals surface area contributed by atoms with Crippen LogP contribution in [0.5, 0.6) is 5.88 Å². The molecule has 172 valence electrons. The third-order valence-electron chi connectivity index (χ3n) is 6.17. The molecule has 10 nitrogen and oxygen atoms in total. The SMILES string of the molecule is O=[S@]1COc2nc(N=S3(=O)CCC(c4ncc(Cl)cn4)CC3)nc(NC3(CO)CCC3)c21. The molecular formula is C19H23ClN6O4S2. The van der Waals surface area contributed by atoms with E-state index in [0.717, 1.165) is 19.3 Å². The summed E-state index contributed by atoms with van der Waals surface area (Å²) in [7, 11) is -3.98. The van der Waals surface area contributed by atoms with Gasteiger partial charge in [0.25, 0.3) is 5.95 Å². The second-order valence-corrected chi connectivity index (χ2v) is 12.7. The van der Waals surface area contributed by atoms with Gasteiger partial charge < -0.3 is 15.2 Å². The van der Waals surface area contributed by atoms with E-state index >= 15 is 0 Å². The fraction of sp³-hybridized carbons (Fsp3) is 0.579. The van der Waals surface area contributed by atoms with Crippen LogP contribution in [-0.4, -0.2) is 63.1 Å². The summed E-state index contributed by atoms with van der Waals surface area (Å²) < 4.78 is 35.7. The number of aliphatic hydroxyl groups excluding tert-OH is 1. The summed E-state index contributed by atoms with van der Waals surface area (Å²) in [5, 5.41) is 13.5. The molecule has 0 radical (unpaired) electrons. The van der Waals surface area contributed by atoms with Gasteiger partial charge in [0.1, 0.15) is 21.5 Å². The zero-order chi connectivity index (χ0) is 22.3. The molecule has 2 aromatic heterocycles. The molecule has 32 heavy (non-hydrogen) atoms. The van der Waals surface area contributed by atoms with Crippen molar-refractivity contribution in [2.75, 3.05) is 29.4 Å². The molecule has 5 rings (SSSR count). The summed E-state index contributed by atoms with van der Waals surface area (Å²) >= 11 is 5.86. The second-order valence-electron chi connectivity index (χ2n) is 8.34. The number of nitrogens with one attached hydrogen (secondary N) is 1. The number of aromatic nitrogens is 4. The predicted molar refractivity (Wildman–Crippen MR) is 120 cm³/mol. The van der Waals surface area contributed by atoms with Crippen LogP contribution in [0.25, 0.3) is 0 Å². The summed E-state index contributed by atoms with van der Waals surface area (Å²) in [6, 6.07) is 0. The van der Waals surface area contributed by atoms with Crippen LogP contribution in [0, 0.1) is 0 Å². The van der Waals surface area contributed by atoms with E-state index < -0.39 is 26.1 Å². The van der Waals surface area contributed by atoms with Crippen molar-refractivity contribution >= 4 is 43.9 Å². The van der Waals surface area contributed by atoms with E-state index in [1.165, 1.54) is 0 Å². The van der Waals surface area contributed by atoms with Gasteiger partial charge in [-0.1, -0.05) is 11.6 Å². The maximum atomic E-state index is 13.4. The van der Waals surface area contributed by atoms with Gasteiger partial charge in [0.05, 0.1) is 26.9 Å². The Bertz CT molecular complexity index is 1160. The topological polar surface area (TPSA) is 140 Å². The fourth-order valence-electron chi connectivity index (χ4n) is 4.12. The van der Waals surface area contributed by atoms with Crippen LogP contribution in [0.4, 0.5) is 11.8 Å². The van der Waals surface area contributed by atoms with Gasteiger partial charge in [-0.2, -0.15) is 14.3 Å². The Hall–Kier alpha value is -1.89. The largest absolute Gasteiger partial charge is 0.463 e. The van der Waals surface area contributed by atoms with E-state index in [1.807, 2.05) is 0 Å². The molecule has 1 atom stereocenters. The van der Waals surface area contributed by atoms with Crippen molar-refractivity contribution < 1.29 is 18.3 Å². The van der Waals surface area contributed by atoms with Gasteiger partial charge in [0.15, 0.2) is 11.8 Å². The van der Waals surface area contributed by atoms with Crippen molar-refractivity contribution in [3.8, 4) is 5.88 Å². The average Bonchev–Trinajstić information content (AvgIpc) is 3.12. The van der Waals surface area contributed by atoms with Crippen LogP contribution in [-0.2, 0) is 20.5 Å². The lowest BCUT2D eigenvalue weighted by Crippen LogP contribution is -2.48. The zero-order valence-electron chi connectivity index (χ0n) is 17.2. The third kappa shape index (κ3) is 4.20. The Morgan fingerprint density at radius 1 is 1.28 bits per heavy atom. The first-order chi connectivity index (χ1) is 15.4. The number of hydrogen-bond acceptors (Lipinski definition) is 10. The summed E-state index contributed by atoms with van der Waals surface area (Å²) in [6.45, 7) is -0.0589. The van der Waals surface area contributed by atoms with Gasteiger partial charge in [-0.3, -0.25) is 4.21 Å². The Balaban J connectivity index is 1.41. The molecule has 3 aliphatic rings. The number of fused-ring (bicyclic) bond motifs is 1. The van der Waals surface area contributed by atoms with Crippen molar-refractivity contribution in [3.63, 3.8) is 0 Å². The minimum absolute atomic E-state index is 0.00752. The number of anilines is 1. The van der Waals surface area contributed by atoms with Gasteiger partial charge >= 0.3 is 0 Å². The van der Waals surface area contributed by atoms with E-state index in [1.54, 1.807) is 12.4 Å². The minimum atomic E-state index is -2.57. The first-order valence-electron chi connectivity index (χ1n) is 10.4. The number of nitrogens with zero attached hydrogens (tertiary/aromatic N) is 5. The Kier molecular flexibility index (Phi) is 5.81. The summed E-state index contributed by atoms with van der Waals surface area (Å²) in [6.07, 6.45) is 6.96. The first kappa shape index (κ1) is 21.9. The standard InChI is InChI=1S/C19H23ClN6O4S2/c20-13-8-21-15(22-9-13)12-2-6-32(29,7-3-12)26-18-23-16(25-19(10-27)4-1-5-19)14-17(24-18)30-11-31(14)28/h8-9,12,27H,1-7,10-11H2,(H,23,24,25)/t12?,31-,32?/m0/s1. The molecule has 13 heteroatoms.